The summed E-state index contributed by atoms with van der Waals surface area (Å²) >= 11 is 0. The molecule has 0 amide bonds. The van der Waals surface area contributed by atoms with Crippen LogP contribution in [0.3, 0.4) is 0 Å². The van der Waals surface area contributed by atoms with E-state index in [4.69, 9.17) is 14.2 Å². The fourth-order valence-corrected chi connectivity index (χ4v) is 4.13. The standard InChI is InChI=1S/C18H27NO3/c1-20-15-8-17(21-2)16(18(9-15)22-3)12-19-10-13-5-4-6-14(7-13)11-19/h8-9,13-14H,4-7,10-12H2,1-3H3/t13-,14-/m1/s1. The molecule has 0 spiro atoms. The summed E-state index contributed by atoms with van der Waals surface area (Å²) in [4.78, 5) is 2.57. The number of likely N-dealkylation sites (tertiary alicyclic amines) is 1. The number of fused-ring (bicyclic) bond motifs is 2. The highest BCUT2D eigenvalue weighted by Crippen LogP contribution is 2.38. The lowest BCUT2D eigenvalue weighted by Gasteiger charge is -2.41. The SMILES string of the molecule is COc1cc(OC)c(CN2C[C@@H]3CCC[C@H](C3)C2)c(OC)c1. The van der Waals surface area contributed by atoms with Crippen LogP contribution in [-0.2, 0) is 6.54 Å². The second-order valence-electron chi connectivity index (χ2n) is 6.60. The van der Waals surface area contributed by atoms with Crippen molar-refractivity contribution < 1.29 is 14.2 Å². The van der Waals surface area contributed by atoms with E-state index in [0.29, 0.717) is 0 Å². The van der Waals surface area contributed by atoms with Gasteiger partial charge in [0, 0.05) is 31.8 Å². The van der Waals surface area contributed by atoms with Gasteiger partial charge in [-0.2, -0.15) is 0 Å². The Bertz CT molecular complexity index is 480. The highest BCUT2D eigenvalue weighted by atomic mass is 16.5. The number of hydrogen-bond acceptors (Lipinski definition) is 4. The van der Waals surface area contributed by atoms with E-state index in [1.807, 2.05) is 12.1 Å². The van der Waals surface area contributed by atoms with Crippen LogP contribution in [0.25, 0.3) is 0 Å². The van der Waals surface area contributed by atoms with E-state index in [2.05, 4.69) is 4.90 Å². The number of rotatable bonds is 5. The Kier molecular flexibility index (Phi) is 4.77. The molecule has 2 bridgehead atoms. The van der Waals surface area contributed by atoms with Crippen molar-refractivity contribution in [3.05, 3.63) is 17.7 Å². The Morgan fingerprint density at radius 1 is 0.955 bits per heavy atom. The van der Waals surface area contributed by atoms with E-state index >= 15 is 0 Å². The van der Waals surface area contributed by atoms with Crippen LogP contribution >= 0.6 is 0 Å². The lowest BCUT2D eigenvalue weighted by atomic mass is 9.78. The van der Waals surface area contributed by atoms with Crippen molar-refractivity contribution in [3.8, 4) is 17.2 Å². The fraction of sp³-hybridized carbons (Fsp3) is 0.667. The average molecular weight is 305 g/mol. The van der Waals surface area contributed by atoms with Crippen molar-refractivity contribution in [2.75, 3.05) is 34.4 Å². The van der Waals surface area contributed by atoms with Crippen LogP contribution in [0, 0.1) is 11.8 Å². The molecule has 0 radical (unpaired) electrons. The summed E-state index contributed by atoms with van der Waals surface area (Å²) in [6.07, 6.45) is 5.62. The molecule has 22 heavy (non-hydrogen) atoms. The Morgan fingerprint density at radius 2 is 1.55 bits per heavy atom. The maximum absolute atomic E-state index is 5.58. The molecule has 2 aliphatic rings. The number of benzene rings is 1. The number of piperidine rings is 1. The lowest BCUT2D eigenvalue weighted by Crippen LogP contribution is -2.42. The van der Waals surface area contributed by atoms with Crippen LogP contribution in [0.2, 0.25) is 0 Å². The Hall–Kier alpha value is -1.42. The second-order valence-corrected chi connectivity index (χ2v) is 6.60. The summed E-state index contributed by atoms with van der Waals surface area (Å²) in [6.45, 7) is 3.30. The molecular weight excluding hydrogens is 278 g/mol. The molecule has 122 valence electrons. The zero-order chi connectivity index (χ0) is 15.5. The molecule has 1 heterocycles. The average Bonchev–Trinajstić information content (AvgIpc) is 2.54. The summed E-state index contributed by atoms with van der Waals surface area (Å²) in [6, 6.07) is 3.89. The Balaban J connectivity index is 1.81. The van der Waals surface area contributed by atoms with Crippen molar-refractivity contribution in [2.45, 2.75) is 32.2 Å². The fourth-order valence-electron chi connectivity index (χ4n) is 4.13. The van der Waals surface area contributed by atoms with Crippen LogP contribution in [0.15, 0.2) is 12.1 Å². The van der Waals surface area contributed by atoms with Gasteiger partial charge in [-0.05, 0) is 31.1 Å². The van der Waals surface area contributed by atoms with Crippen molar-refractivity contribution in [1.82, 2.24) is 4.90 Å². The van der Waals surface area contributed by atoms with Crippen molar-refractivity contribution in [3.63, 3.8) is 0 Å². The van der Waals surface area contributed by atoms with E-state index in [1.165, 1.54) is 38.8 Å². The first kappa shape index (κ1) is 15.5. The van der Waals surface area contributed by atoms with Gasteiger partial charge in [-0.3, -0.25) is 4.90 Å². The molecule has 2 fully saturated rings. The predicted molar refractivity (Wildman–Crippen MR) is 86.8 cm³/mol. The first-order chi connectivity index (χ1) is 10.7. The minimum atomic E-state index is 0.771. The van der Waals surface area contributed by atoms with E-state index in [1.54, 1.807) is 21.3 Å². The van der Waals surface area contributed by atoms with Crippen molar-refractivity contribution in [2.24, 2.45) is 11.8 Å². The molecule has 0 unspecified atom stereocenters. The smallest absolute Gasteiger partial charge is 0.130 e. The molecule has 2 atom stereocenters. The summed E-state index contributed by atoms with van der Waals surface area (Å²) in [5.41, 5.74) is 1.13. The van der Waals surface area contributed by atoms with Gasteiger partial charge in [0.1, 0.15) is 17.2 Å². The highest BCUT2D eigenvalue weighted by Gasteiger charge is 2.31. The third-order valence-electron chi connectivity index (χ3n) is 5.12. The summed E-state index contributed by atoms with van der Waals surface area (Å²) in [7, 11) is 5.09. The summed E-state index contributed by atoms with van der Waals surface area (Å²) in [5, 5.41) is 0. The molecule has 1 saturated carbocycles. The van der Waals surface area contributed by atoms with E-state index in [-0.39, 0.29) is 0 Å². The maximum Gasteiger partial charge on any atom is 0.130 e. The largest absolute Gasteiger partial charge is 0.496 e. The van der Waals surface area contributed by atoms with Gasteiger partial charge >= 0.3 is 0 Å². The lowest BCUT2D eigenvalue weighted by molar-refractivity contribution is 0.0795. The second kappa shape index (κ2) is 6.78. The first-order valence-corrected chi connectivity index (χ1v) is 8.24. The first-order valence-electron chi connectivity index (χ1n) is 8.24. The molecule has 1 aliphatic carbocycles. The van der Waals surface area contributed by atoms with E-state index in [0.717, 1.165) is 41.2 Å². The minimum absolute atomic E-state index is 0.771. The molecule has 1 saturated heterocycles. The highest BCUT2D eigenvalue weighted by molar-refractivity contribution is 5.50. The van der Waals surface area contributed by atoms with Gasteiger partial charge in [0.05, 0.1) is 26.9 Å². The Labute approximate surface area is 133 Å². The quantitative estimate of drug-likeness (QED) is 0.835. The number of ether oxygens (including phenoxy) is 3. The zero-order valence-electron chi connectivity index (χ0n) is 13.9. The number of nitrogens with zero attached hydrogens (tertiary/aromatic N) is 1. The number of hydrogen-bond donors (Lipinski definition) is 0. The van der Waals surface area contributed by atoms with Crippen LogP contribution in [0.1, 0.15) is 31.2 Å². The van der Waals surface area contributed by atoms with Crippen LogP contribution in [0.4, 0.5) is 0 Å². The molecule has 4 nitrogen and oxygen atoms in total. The van der Waals surface area contributed by atoms with Crippen molar-refractivity contribution >= 4 is 0 Å². The van der Waals surface area contributed by atoms with Gasteiger partial charge in [0.15, 0.2) is 0 Å². The third kappa shape index (κ3) is 3.17. The van der Waals surface area contributed by atoms with Gasteiger partial charge in [0.2, 0.25) is 0 Å². The van der Waals surface area contributed by atoms with Crippen LogP contribution in [0.5, 0.6) is 17.2 Å². The predicted octanol–water partition coefficient (Wildman–Crippen LogP) is 3.33. The van der Waals surface area contributed by atoms with Crippen LogP contribution in [-0.4, -0.2) is 39.3 Å². The minimum Gasteiger partial charge on any atom is -0.496 e. The van der Waals surface area contributed by atoms with Gasteiger partial charge in [-0.1, -0.05) is 6.42 Å². The van der Waals surface area contributed by atoms with Gasteiger partial charge in [0.25, 0.3) is 0 Å². The molecule has 1 aromatic carbocycles. The molecule has 0 aromatic heterocycles. The summed E-state index contributed by atoms with van der Waals surface area (Å²) < 4.78 is 16.5. The molecule has 4 heteroatoms. The Morgan fingerprint density at radius 3 is 2.05 bits per heavy atom. The van der Waals surface area contributed by atoms with Gasteiger partial charge in [-0.15, -0.1) is 0 Å². The molecule has 3 rings (SSSR count). The molecular formula is C18H27NO3. The van der Waals surface area contributed by atoms with Crippen molar-refractivity contribution in [1.29, 1.82) is 0 Å². The number of methoxy groups -OCH3 is 3. The maximum atomic E-state index is 5.58. The zero-order valence-corrected chi connectivity index (χ0v) is 13.9. The van der Waals surface area contributed by atoms with Gasteiger partial charge in [-0.25, -0.2) is 0 Å². The van der Waals surface area contributed by atoms with E-state index in [9.17, 15) is 0 Å². The molecule has 1 aliphatic heterocycles. The normalized spacial score (nSPS) is 24.9. The topological polar surface area (TPSA) is 30.9 Å². The monoisotopic (exact) mass is 305 g/mol. The third-order valence-corrected chi connectivity index (χ3v) is 5.12. The van der Waals surface area contributed by atoms with E-state index < -0.39 is 0 Å². The molecule has 1 aromatic rings. The van der Waals surface area contributed by atoms with Crippen LogP contribution < -0.4 is 14.2 Å². The summed E-state index contributed by atoms with van der Waals surface area (Å²) in [5.74, 6) is 4.23. The van der Waals surface area contributed by atoms with Gasteiger partial charge < -0.3 is 14.2 Å². The molecule has 0 N–H and O–H groups in total.